The molecule has 2 aromatic carbocycles. The molecule has 0 spiro atoms. The fourth-order valence-electron chi connectivity index (χ4n) is 1.78. The fourth-order valence-corrected chi connectivity index (χ4v) is 1.78. The summed E-state index contributed by atoms with van der Waals surface area (Å²) in [5.74, 6) is -1.09. The van der Waals surface area contributed by atoms with E-state index in [4.69, 9.17) is 16.6 Å². The molecule has 0 bridgehead atoms. The average molecular weight is 256 g/mol. The zero-order chi connectivity index (χ0) is 14.0. The van der Waals surface area contributed by atoms with Crippen molar-refractivity contribution in [3.63, 3.8) is 0 Å². The Kier molecular flexibility index (Phi) is 3.20. The van der Waals surface area contributed by atoms with E-state index >= 15 is 0 Å². The third-order valence-corrected chi connectivity index (χ3v) is 2.83. The Labute approximate surface area is 109 Å². The molecule has 0 saturated heterocycles. The van der Waals surface area contributed by atoms with Crippen LogP contribution in [0.2, 0.25) is 0 Å². The molecule has 0 aromatic heterocycles. The van der Waals surface area contributed by atoms with E-state index in [1.807, 2.05) is 0 Å². The molecule has 0 aliphatic rings. The number of carbonyl (C=O) groups is 2. The smallest absolute Gasteiger partial charge is 0.337 e. The first-order valence-corrected chi connectivity index (χ1v) is 5.51. The van der Waals surface area contributed by atoms with Gasteiger partial charge in [0.1, 0.15) is 0 Å². The summed E-state index contributed by atoms with van der Waals surface area (Å²) < 4.78 is 0. The lowest BCUT2D eigenvalue weighted by molar-refractivity contribution is 0.0698. The third-order valence-electron chi connectivity index (χ3n) is 2.83. The van der Waals surface area contributed by atoms with Crippen LogP contribution in [0, 0.1) is 0 Å². The van der Waals surface area contributed by atoms with Crippen LogP contribution in [0.5, 0.6) is 0 Å². The predicted octanol–water partition coefficient (Wildman–Crippen LogP) is 2.03. The van der Waals surface area contributed by atoms with E-state index in [2.05, 4.69) is 0 Å². The van der Waals surface area contributed by atoms with Gasteiger partial charge in [-0.05, 0) is 35.4 Å². The topological polar surface area (TPSA) is 106 Å². The first-order valence-electron chi connectivity index (χ1n) is 5.51. The first-order chi connectivity index (χ1) is 9.02. The Balaban J connectivity index is 2.56. The summed E-state index contributed by atoms with van der Waals surface area (Å²) in [6.45, 7) is 0. The number of aromatic carboxylic acids is 1. The number of benzene rings is 2. The minimum atomic E-state index is -1.09. The van der Waals surface area contributed by atoms with Crippen molar-refractivity contribution in [1.29, 1.82) is 0 Å². The second-order valence-corrected chi connectivity index (χ2v) is 4.07. The molecule has 0 radical (unpaired) electrons. The van der Waals surface area contributed by atoms with E-state index in [0.29, 0.717) is 28.7 Å². The van der Waals surface area contributed by atoms with E-state index in [1.165, 1.54) is 12.1 Å². The number of nitrogen functional groups attached to an aromatic ring is 2. The predicted molar refractivity (Wildman–Crippen MR) is 73.0 cm³/mol. The number of aldehydes is 1. The molecule has 0 fully saturated rings. The first kappa shape index (κ1) is 12.6. The lowest BCUT2D eigenvalue weighted by Crippen LogP contribution is -2.02. The van der Waals surface area contributed by atoms with Gasteiger partial charge in [0.05, 0.1) is 5.56 Å². The maximum absolute atomic E-state index is 11.0. The molecule has 0 saturated carbocycles. The highest BCUT2D eigenvalue weighted by Crippen LogP contribution is 2.26. The summed E-state index contributed by atoms with van der Waals surface area (Å²) in [6, 6.07) is 9.63. The van der Waals surface area contributed by atoms with E-state index in [1.54, 1.807) is 24.3 Å². The highest BCUT2D eigenvalue weighted by Gasteiger charge is 2.10. The zero-order valence-electron chi connectivity index (χ0n) is 9.96. The van der Waals surface area contributed by atoms with Gasteiger partial charge in [-0.2, -0.15) is 0 Å². The minimum absolute atomic E-state index is 0.0296. The van der Waals surface area contributed by atoms with Crippen LogP contribution in [-0.4, -0.2) is 17.4 Å². The second kappa shape index (κ2) is 4.81. The van der Waals surface area contributed by atoms with Crippen LogP contribution < -0.4 is 11.5 Å². The standard InChI is InChI=1S/C14H12N2O3/c15-12-3-1-8(5-10(12)7-17)9-2-4-13(16)11(6-9)14(18)19/h1-7H,15-16H2,(H,18,19). The summed E-state index contributed by atoms with van der Waals surface area (Å²) in [5.41, 5.74) is 13.6. The maximum atomic E-state index is 11.0. The molecule has 0 aliphatic carbocycles. The largest absolute Gasteiger partial charge is 0.478 e. The number of rotatable bonds is 3. The molecule has 5 N–H and O–H groups in total. The van der Waals surface area contributed by atoms with Gasteiger partial charge in [0.25, 0.3) is 0 Å². The summed E-state index contributed by atoms with van der Waals surface area (Å²) in [6.07, 6.45) is 0.661. The minimum Gasteiger partial charge on any atom is -0.478 e. The van der Waals surface area contributed by atoms with Crippen molar-refractivity contribution in [2.45, 2.75) is 0 Å². The van der Waals surface area contributed by atoms with Crippen molar-refractivity contribution in [2.75, 3.05) is 11.5 Å². The molecule has 5 nitrogen and oxygen atoms in total. The summed E-state index contributed by atoms with van der Waals surface area (Å²) in [5, 5.41) is 9.03. The van der Waals surface area contributed by atoms with Crippen LogP contribution in [0.25, 0.3) is 11.1 Å². The van der Waals surface area contributed by atoms with Gasteiger partial charge >= 0.3 is 5.97 Å². The van der Waals surface area contributed by atoms with Gasteiger partial charge in [-0.15, -0.1) is 0 Å². The monoisotopic (exact) mass is 256 g/mol. The Morgan fingerprint density at radius 3 is 2.16 bits per heavy atom. The Hall–Kier alpha value is -2.82. The van der Waals surface area contributed by atoms with Crippen molar-refractivity contribution in [2.24, 2.45) is 0 Å². The lowest BCUT2D eigenvalue weighted by atomic mass is 9.99. The number of hydrogen-bond donors (Lipinski definition) is 3. The van der Waals surface area contributed by atoms with Crippen molar-refractivity contribution in [3.05, 3.63) is 47.5 Å². The Morgan fingerprint density at radius 1 is 1.00 bits per heavy atom. The van der Waals surface area contributed by atoms with E-state index in [0.717, 1.165) is 0 Å². The van der Waals surface area contributed by atoms with E-state index in [-0.39, 0.29) is 11.3 Å². The van der Waals surface area contributed by atoms with Crippen LogP contribution in [0.15, 0.2) is 36.4 Å². The number of hydrogen-bond acceptors (Lipinski definition) is 4. The van der Waals surface area contributed by atoms with Crippen LogP contribution >= 0.6 is 0 Å². The molecule has 5 heteroatoms. The van der Waals surface area contributed by atoms with Crippen LogP contribution in [0.1, 0.15) is 20.7 Å². The Morgan fingerprint density at radius 2 is 1.58 bits per heavy atom. The van der Waals surface area contributed by atoms with Gasteiger partial charge in [0.2, 0.25) is 0 Å². The van der Waals surface area contributed by atoms with Crippen LogP contribution in [0.3, 0.4) is 0 Å². The molecule has 0 aliphatic heterocycles. The molecule has 0 atom stereocenters. The van der Waals surface area contributed by atoms with Gasteiger partial charge in [-0.25, -0.2) is 4.79 Å². The molecule has 19 heavy (non-hydrogen) atoms. The molecule has 0 amide bonds. The van der Waals surface area contributed by atoms with Crippen molar-refractivity contribution in [1.82, 2.24) is 0 Å². The highest BCUT2D eigenvalue weighted by atomic mass is 16.4. The molecule has 2 aromatic rings. The Bertz CT molecular complexity index is 666. The highest BCUT2D eigenvalue weighted by molar-refractivity contribution is 5.95. The maximum Gasteiger partial charge on any atom is 0.337 e. The van der Waals surface area contributed by atoms with Crippen LogP contribution in [-0.2, 0) is 0 Å². The van der Waals surface area contributed by atoms with Crippen molar-refractivity contribution in [3.8, 4) is 11.1 Å². The number of carbonyl (C=O) groups excluding carboxylic acids is 1. The number of anilines is 2. The summed E-state index contributed by atoms with van der Waals surface area (Å²) >= 11 is 0. The second-order valence-electron chi connectivity index (χ2n) is 4.07. The zero-order valence-corrected chi connectivity index (χ0v) is 9.96. The van der Waals surface area contributed by atoms with Gasteiger partial charge in [-0.1, -0.05) is 12.1 Å². The van der Waals surface area contributed by atoms with Gasteiger partial charge in [0, 0.05) is 16.9 Å². The van der Waals surface area contributed by atoms with E-state index in [9.17, 15) is 9.59 Å². The molecule has 2 rings (SSSR count). The average Bonchev–Trinajstić information content (AvgIpc) is 2.39. The van der Waals surface area contributed by atoms with Gasteiger partial charge in [-0.3, -0.25) is 4.79 Å². The third kappa shape index (κ3) is 2.40. The molecule has 0 heterocycles. The molecule has 0 unspecified atom stereocenters. The number of carboxylic acids is 1. The van der Waals surface area contributed by atoms with Gasteiger partial charge in [0.15, 0.2) is 6.29 Å². The fraction of sp³-hybridized carbons (Fsp3) is 0. The molecule has 96 valence electrons. The number of nitrogens with two attached hydrogens (primary N) is 2. The SMILES string of the molecule is Nc1ccc(-c2ccc(N)c(C(=O)O)c2)cc1C=O. The summed E-state index contributed by atoms with van der Waals surface area (Å²) in [7, 11) is 0. The van der Waals surface area contributed by atoms with Crippen molar-refractivity contribution >= 4 is 23.6 Å². The molecular formula is C14H12N2O3. The van der Waals surface area contributed by atoms with E-state index < -0.39 is 5.97 Å². The van der Waals surface area contributed by atoms with Crippen LogP contribution in [0.4, 0.5) is 11.4 Å². The summed E-state index contributed by atoms with van der Waals surface area (Å²) in [4.78, 5) is 21.9. The number of carboxylic acid groups (broad SMARTS) is 1. The van der Waals surface area contributed by atoms with Gasteiger partial charge < -0.3 is 16.6 Å². The quantitative estimate of drug-likeness (QED) is 0.575. The molecular weight excluding hydrogens is 244 g/mol. The lowest BCUT2D eigenvalue weighted by Gasteiger charge is -2.07. The van der Waals surface area contributed by atoms with Crippen molar-refractivity contribution < 1.29 is 14.7 Å². The normalized spacial score (nSPS) is 10.1.